The molecule has 0 aliphatic rings. The normalized spacial score (nSPS) is 12.4. The molecule has 2 rings (SSSR count). The van der Waals surface area contributed by atoms with Crippen LogP contribution in [-0.4, -0.2) is 9.97 Å². The molecule has 0 fully saturated rings. The van der Waals surface area contributed by atoms with Crippen molar-refractivity contribution < 1.29 is 0 Å². The van der Waals surface area contributed by atoms with E-state index in [0.29, 0.717) is 17.3 Å². The van der Waals surface area contributed by atoms with E-state index in [1.165, 1.54) is 6.20 Å². The number of nitrogens with zero attached hydrogens (tertiary/aromatic N) is 2. The van der Waals surface area contributed by atoms with Crippen molar-refractivity contribution in [3.8, 4) is 0 Å². The van der Waals surface area contributed by atoms with Crippen LogP contribution in [0.2, 0.25) is 5.02 Å². The molecule has 2 aromatic rings. The Bertz CT molecular complexity index is 501. The van der Waals surface area contributed by atoms with Crippen molar-refractivity contribution in [1.82, 2.24) is 9.97 Å². The zero-order valence-corrected chi connectivity index (χ0v) is 9.93. The van der Waals surface area contributed by atoms with E-state index < -0.39 is 0 Å². The van der Waals surface area contributed by atoms with Gasteiger partial charge in [-0.3, -0.25) is 4.98 Å². The Labute approximate surface area is 105 Å². The molecule has 1 atom stereocenters. The molecule has 4 N–H and O–H groups in total. The van der Waals surface area contributed by atoms with Gasteiger partial charge in [-0.25, -0.2) is 4.98 Å². The highest BCUT2D eigenvalue weighted by Gasteiger charge is 2.12. The number of nitrogens with two attached hydrogens (primary N) is 2. The van der Waals surface area contributed by atoms with E-state index in [9.17, 15) is 0 Å². The first kappa shape index (κ1) is 11.8. The van der Waals surface area contributed by atoms with Gasteiger partial charge in [0.2, 0.25) is 0 Å². The molecule has 0 aliphatic heterocycles. The predicted molar refractivity (Wildman–Crippen MR) is 68.5 cm³/mol. The average molecular weight is 249 g/mol. The SMILES string of the molecule is Nc1ncc(Cl)cc1C(N)Cc1cccnc1. The summed E-state index contributed by atoms with van der Waals surface area (Å²) >= 11 is 5.88. The molecule has 88 valence electrons. The number of hydrogen-bond acceptors (Lipinski definition) is 4. The monoisotopic (exact) mass is 248 g/mol. The summed E-state index contributed by atoms with van der Waals surface area (Å²) in [6, 6.07) is 5.37. The second-order valence-electron chi connectivity index (χ2n) is 3.80. The van der Waals surface area contributed by atoms with Gasteiger partial charge >= 0.3 is 0 Å². The van der Waals surface area contributed by atoms with Gasteiger partial charge in [-0.2, -0.15) is 0 Å². The zero-order chi connectivity index (χ0) is 12.3. The Balaban J connectivity index is 2.20. The maximum Gasteiger partial charge on any atom is 0.128 e. The number of hydrogen-bond donors (Lipinski definition) is 2. The molecule has 0 aliphatic carbocycles. The van der Waals surface area contributed by atoms with E-state index in [0.717, 1.165) is 11.1 Å². The van der Waals surface area contributed by atoms with Crippen LogP contribution in [-0.2, 0) is 6.42 Å². The van der Waals surface area contributed by atoms with Gasteiger partial charge in [-0.15, -0.1) is 0 Å². The second-order valence-corrected chi connectivity index (χ2v) is 4.24. The summed E-state index contributed by atoms with van der Waals surface area (Å²) < 4.78 is 0. The first-order valence-corrected chi connectivity index (χ1v) is 5.60. The molecule has 4 nitrogen and oxygen atoms in total. The predicted octanol–water partition coefficient (Wildman–Crippen LogP) is 1.95. The van der Waals surface area contributed by atoms with Crippen LogP contribution in [0.25, 0.3) is 0 Å². The lowest BCUT2D eigenvalue weighted by Crippen LogP contribution is -2.16. The fourth-order valence-electron chi connectivity index (χ4n) is 1.65. The quantitative estimate of drug-likeness (QED) is 0.870. The van der Waals surface area contributed by atoms with E-state index in [1.54, 1.807) is 18.5 Å². The molecule has 17 heavy (non-hydrogen) atoms. The molecular weight excluding hydrogens is 236 g/mol. The maximum atomic E-state index is 6.09. The zero-order valence-electron chi connectivity index (χ0n) is 9.18. The standard InChI is InChI=1S/C12H13ClN4/c13-9-5-10(12(15)17-7-9)11(14)4-8-2-1-3-16-6-8/h1-3,5-7,11H,4,14H2,(H2,15,17). The highest BCUT2D eigenvalue weighted by Crippen LogP contribution is 2.23. The lowest BCUT2D eigenvalue weighted by molar-refractivity contribution is 0.719. The molecule has 2 aromatic heterocycles. The molecule has 0 spiro atoms. The number of rotatable bonds is 3. The van der Waals surface area contributed by atoms with Crippen LogP contribution in [0.15, 0.2) is 36.8 Å². The smallest absolute Gasteiger partial charge is 0.128 e. The van der Waals surface area contributed by atoms with Gasteiger partial charge in [0.25, 0.3) is 0 Å². The molecule has 0 amide bonds. The van der Waals surface area contributed by atoms with Gasteiger partial charge in [-0.05, 0) is 24.1 Å². The number of aromatic nitrogens is 2. The van der Waals surface area contributed by atoms with Crippen molar-refractivity contribution in [2.75, 3.05) is 5.73 Å². The molecule has 1 unspecified atom stereocenters. The van der Waals surface area contributed by atoms with E-state index >= 15 is 0 Å². The molecule has 0 aromatic carbocycles. The fourth-order valence-corrected chi connectivity index (χ4v) is 1.81. The third-order valence-electron chi connectivity index (χ3n) is 2.49. The summed E-state index contributed by atoms with van der Waals surface area (Å²) in [5.74, 6) is 0.422. The summed E-state index contributed by atoms with van der Waals surface area (Å²) in [4.78, 5) is 8.03. The van der Waals surface area contributed by atoms with E-state index in [4.69, 9.17) is 23.1 Å². The highest BCUT2D eigenvalue weighted by atomic mass is 35.5. The van der Waals surface area contributed by atoms with Gasteiger partial charge in [0.15, 0.2) is 0 Å². The van der Waals surface area contributed by atoms with E-state index in [2.05, 4.69) is 9.97 Å². The van der Waals surface area contributed by atoms with E-state index in [-0.39, 0.29) is 6.04 Å². The van der Waals surface area contributed by atoms with Crippen LogP contribution in [0.4, 0.5) is 5.82 Å². The van der Waals surface area contributed by atoms with Crippen molar-refractivity contribution in [3.05, 3.63) is 52.9 Å². The van der Waals surface area contributed by atoms with Crippen LogP contribution in [0.1, 0.15) is 17.2 Å². The third kappa shape index (κ3) is 2.93. The van der Waals surface area contributed by atoms with Gasteiger partial charge in [0, 0.05) is 30.2 Å². The minimum atomic E-state index is -0.231. The number of anilines is 1. The van der Waals surface area contributed by atoms with Crippen molar-refractivity contribution in [2.45, 2.75) is 12.5 Å². The maximum absolute atomic E-state index is 6.09. The van der Waals surface area contributed by atoms with Crippen LogP contribution >= 0.6 is 11.6 Å². The second kappa shape index (κ2) is 5.12. The van der Waals surface area contributed by atoms with Crippen molar-refractivity contribution in [3.63, 3.8) is 0 Å². The molecule has 0 bridgehead atoms. The lowest BCUT2D eigenvalue weighted by Gasteiger charge is -2.13. The third-order valence-corrected chi connectivity index (χ3v) is 2.70. The number of nitrogen functional groups attached to an aromatic ring is 1. The number of halogens is 1. The molecule has 0 radical (unpaired) electrons. The van der Waals surface area contributed by atoms with Crippen LogP contribution in [0.3, 0.4) is 0 Å². The Kier molecular flexibility index (Phi) is 3.56. The summed E-state index contributed by atoms with van der Waals surface area (Å²) in [7, 11) is 0. The van der Waals surface area contributed by atoms with Gasteiger partial charge < -0.3 is 11.5 Å². The minimum Gasteiger partial charge on any atom is -0.383 e. The summed E-state index contributed by atoms with van der Waals surface area (Å²) in [5.41, 5.74) is 13.7. The minimum absolute atomic E-state index is 0.231. The average Bonchev–Trinajstić information content (AvgIpc) is 2.33. The Morgan fingerprint density at radius 3 is 2.88 bits per heavy atom. The first-order chi connectivity index (χ1) is 8.16. The number of pyridine rings is 2. The van der Waals surface area contributed by atoms with Gasteiger partial charge in [0.05, 0.1) is 5.02 Å². The van der Waals surface area contributed by atoms with Crippen molar-refractivity contribution in [1.29, 1.82) is 0 Å². The van der Waals surface area contributed by atoms with Crippen LogP contribution in [0.5, 0.6) is 0 Å². The molecule has 0 saturated heterocycles. The molecule has 5 heteroatoms. The van der Waals surface area contributed by atoms with Crippen molar-refractivity contribution in [2.24, 2.45) is 5.73 Å². The fraction of sp³-hybridized carbons (Fsp3) is 0.167. The van der Waals surface area contributed by atoms with Gasteiger partial charge in [0.1, 0.15) is 5.82 Å². The van der Waals surface area contributed by atoms with Crippen LogP contribution < -0.4 is 11.5 Å². The van der Waals surface area contributed by atoms with Crippen molar-refractivity contribution >= 4 is 17.4 Å². The lowest BCUT2D eigenvalue weighted by atomic mass is 10.0. The first-order valence-electron chi connectivity index (χ1n) is 5.22. The molecule has 2 heterocycles. The Morgan fingerprint density at radius 1 is 1.35 bits per heavy atom. The Hall–Kier alpha value is -1.65. The highest BCUT2D eigenvalue weighted by molar-refractivity contribution is 6.30. The summed E-state index contributed by atoms with van der Waals surface area (Å²) in [5, 5.41) is 0.538. The summed E-state index contributed by atoms with van der Waals surface area (Å²) in [6.45, 7) is 0. The topological polar surface area (TPSA) is 77.8 Å². The Morgan fingerprint density at radius 2 is 2.18 bits per heavy atom. The van der Waals surface area contributed by atoms with Gasteiger partial charge in [-0.1, -0.05) is 17.7 Å². The summed E-state index contributed by atoms with van der Waals surface area (Å²) in [6.07, 6.45) is 5.68. The molecule has 0 saturated carbocycles. The molecular formula is C12H13ClN4. The van der Waals surface area contributed by atoms with E-state index in [1.807, 2.05) is 12.1 Å². The largest absolute Gasteiger partial charge is 0.383 e. The van der Waals surface area contributed by atoms with Crippen LogP contribution in [0, 0.1) is 0 Å².